The molecule has 0 fully saturated rings. The third kappa shape index (κ3) is 2.68. The predicted octanol–water partition coefficient (Wildman–Crippen LogP) is 0.0291. The second kappa shape index (κ2) is 6.27. The van der Waals surface area contributed by atoms with Crippen molar-refractivity contribution < 1.29 is 29.2 Å². The van der Waals surface area contributed by atoms with Gasteiger partial charge in [0, 0.05) is 11.1 Å². The molecule has 8 heteroatoms. The van der Waals surface area contributed by atoms with Crippen LogP contribution in [-0.2, 0) is 9.53 Å². The largest absolute Gasteiger partial charge is 0.488 e. The molecule has 0 spiro atoms. The van der Waals surface area contributed by atoms with Crippen molar-refractivity contribution in [1.82, 2.24) is 0 Å². The maximum Gasteiger partial charge on any atom is 0.488 e. The minimum atomic E-state index is -1.85. The first kappa shape index (κ1) is 15.9. The van der Waals surface area contributed by atoms with Crippen molar-refractivity contribution in [2.45, 2.75) is 6.10 Å². The first-order valence-electron chi connectivity index (χ1n) is 7.08. The highest BCUT2D eigenvalue weighted by Crippen LogP contribution is 2.30. The molecule has 1 aliphatic heterocycles. The van der Waals surface area contributed by atoms with E-state index in [0.717, 1.165) is 0 Å². The first-order valence-corrected chi connectivity index (χ1v) is 7.08. The number of carbonyl (C=O) groups excluding carboxylic acids is 3. The van der Waals surface area contributed by atoms with Gasteiger partial charge in [-0.05, 0) is 23.7 Å². The highest BCUT2D eigenvalue weighted by molar-refractivity contribution is 6.59. The maximum atomic E-state index is 12.5. The Balaban J connectivity index is 1.96. The molecule has 0 bridgehead atoms. The lowest BCUT2D eigenvalue weighted by molar-refractivity contribution is -0.124. The normalized spacial score (nSPS) is 15.4. The first-order chi connectivity index (χ1) is 11.5. The smallest absolute Gasteiger partial charge is 0.444 e. The fourth-order valence-electron chi connectivity index (χ4n) is 2.60. The molecule has 2 aromatic rings. The quantitative estimate of drug-likeness (QED) is 0.415. The summed E-state index contributed by atoms with van der Waals surface area (Å²) >= 11 is 0. The number of hydrogen-bond donors (Lipinski definition) is 3. The number of rotatable bonds is 4. The van der Waals surface area contributed by atoms with Gasteiger partial charge in [0.2, 0.25) is 6.10 Å². The molecule has 0 saturated heterocycles. The predicted molar refractivity (Wildman–Crippen MR) is 84.9 cm³/mol. The monoisotopic (exact) mass is 325 g/mol. The topological polar surface area (TPSA) is 113 Å². The van der Waals surface area contributed by atoms with Crippen molar-refractivity contribution >= 4 is 36.4 Å². The summed E-state index contributed by atoms with van der Waals surface area (Å²) in [5.41, 5.74) is 0.764. The summed E-state index contributed by atoms with van der Waals surface area (Å²) in [7, 11) is -1.85. The summed E-state index contributed by atoms with van der Waals surface area (Å²) < 4.78 is 5.07. The summed E-state index contributed by atoms with van der Waals surface area (Å²) in [5.74, 6) is -1.42. The van der Waals surface area contributed by atoms with Gasteiger partial charge < -0.3 is 20.1 Å². The molecule has 1 aliphatic rings. The third-order valence-corrected chi connectivity index (χ3v) is 3.71. The zero-order valence-electron chi connectivity index (χ0n) is 12.3. The molecule has 7 nitrogen and oxygen atoms in total. The minimum absolute atomic E-state index is 0.0159. The van der Waals surface area contributed by atoms with Gasteiger partial charge >= 0.3 is 13.1 Å². The molecular formula is C16H12BNO6. The summed E-state index contributed by atoms with van der Waals surface area (Å²) in [6.07, 6.45) is -0.738. The highest BCUT2D eigenvalue weighted by atomic mass is 16.6. The van der Waals surface area contributed by atoms with Gasteiger partial charge in [0.05, 0.1) is 11.3 Å². The van der Waals surface area contributed by atoms with E-state index in [1.54, 1.807) is 12.1 Å². The van der Waals surface area contributed by atoms with E-state index in [4.69, 9.17) is 4.74 Å². The van der Waals surface area contributed by atoms with Crippen LogP contribution in [0.15, 0.2) is 42.5 Å². The lowest BCUT2D eigenvalue weighted by Crippen LogP contribution is -2.36. The Bertz CT molecular complexity index is 835. The van der Waals surface area contributed by atoms with Crippen LogP contribution in [0.1, 0.15) is 32.4 Å². The minimum Gasteiger partial charge on any atom is -0.444 e. The number of fused-ring (bicyclic) bond motifs is 1. The molecule has 0 saturated carbocycles. The summed E-state index contributed by atoms with van der Waals surface area (Å²) in [5, 5.41) is 21.4. The van der Waals surface area contributed by atoms with E-state index in [1.165, 1.54) is 30.3 Å². The fourth-order valence-corrected chi connectivity index (χ4v) is 2.60. The lowest BCUT2D eigenvalue weighted by Gasteiger charge is -2.15. The zero-order chi connectivity index (χ0) is 17.3. The molecule has 1 unspecified atom stereocenters. The van der Waals surface area contributed by atoms with Crippen LogP contribution >= 0.6 is 0 Å². The van der Waals surface area contributed by atoms with E-state index < -0.39 is 25.1 Å². The Morgan fingerprint density at radius 3 is 2.62 bits per heavy atom. The van der Waals surface area contributed by atoms with Crippen molar-refractivity contribution in [3.05, 3.63) is 59.2 Å². The molecule has 0 radical (unpaired) electrons. The number of amides is 1. The van der Waals surface area contributed by atoms with Crippen LogP contribution in [0.25, 0.3) is 0 Å². The Hall–Kier alpha value is -2.97. The Kier molecular flexibility index (Phi) is 4.16. The Morgan fingerprint density at radius 2 is 1.92 bits per heavy atom. The van der Waals surface area contributed by atoms with Crippen molar-refractivity contribution in [3.8, 4) is 0 Å². The van der Waals surface area contributed by atoms with E-state index in [-0.39, 0.29) is 27.8 Å². The summed E-state index contributed by atoms with van der Waals surface area (Å²) in [6, 6.07) is 10.6. The zero-order valence-corrected chi connectivity index (χ0v) is 12.3. The van der Waals surface area contributed by atoms with Gasteiger partial charge in [-0.2, -0.15) is 0 Å². The van der Waals surface area contributed by atoms with Crippen LogP contribution in [0.3, 0.4) is 0 Å². The van der Waals surface area contributed by atoms with Crippen LogP contribution < -0.4 is 10.8 Å². The molecular weight excluding hydrogens is 313 g/mol. The standard InChI is InChI=1S/C16H12BNO6/c19-8-9-4-1-2-7-12(9)18-15(20)14-13-10(16(21)24-14)5-3-6-11(13)17(22)23/h1-8,14,22-23H,(H,18,20). The summed E-state index contributed by atoms with van der Waals surface area (Å²) in [6.45, 7) is 0. The SMILES string of the molecule is O=Cc1ccccc1NC(=O)C1OC(=O)c2cccc(B(O)O)c21. The molecule has 2 aromatic carbocycles. The summed E-state index contributed by atoms with van der Waals surface area (Å²) in [4.78, 5) is 35.4. The number of esters is 1. The number of para-hydroxylation sites is 1. The third-order valence-electron chi connectivity index (χ3n) is 3.71. The molecule has 1 heterocycles. The molecule has 1 amide bonds. The number of benzene rings is 2. The van der Waals surface area contributed by atoms with Crippen molar-refractivity contribution in [2.75, 3.05) is 5.32 Å². The van der Waals surface area contributed by atoms with E-state index >= 15 is 0 Å². The number of carbonyl (C=O) groups is 3. The molecule has 0 aromatic heterocycles. The van der Waals surface area contributed by atoms with Gasteiger partial charge in [-0.3, -0.25) is 9.59 Å². The number of cyclic esters (lactones) is 1. The van der Waals surface area contributed by atoms with Gasteiger partial charge in [0.25, 0.3) is 5.91 Å². The molecule has 120 valence electrons. The number of hydrogen-bond acceptors (Lipinski definition) is 6. The van der Waals surface area contributed by atoms with Crippen molar-refractivity contribution in [3.63, 3.8) is 0 Å². The highest BCUT2D eigenvalue weighted by Gasteiger charge is 2.40. The molecule has 24 heavy (non-hydrogen) atoms. The number of aldehydes is 1. The van der Waals surface area contributed by atoms with Gasteiger partial charge in [-0.1, -0.05) is 24.3 Å². The Labute approximate surface area is 137 Å². The lowest BCUT2D eigenvalue weighted by atomic mass is 9.74. The van der Waals surface area contributed by atoms with Crippen LogP contribution in [-0.4, -0.2) is 35.3 Å². The number of nitrogens with one attached hydrogen (secondary N) is 1. The van der Waals surface area contributed by atoms with Gasteiger partial charge in [0.15, 0.2) is 6.29 Å². The fraction of sp³-hybridized carbons (Fsp3) is 0.0625. The van der Waals surface area contributed by atoms with Crippen LogP contribution in [0.5, 0.6) is 0 Å². The van der Waals surface area contributed by atoms with E-state index in [1.807, 2.05) is 0 Å². The Morgan fingerprint density at radius 1 is 1.17 bits per heavy atom. The van der Waals surface area contributed by atoms with E-state index in [2.05, 4.69) is 5.32 Å². The van der Waals surface area contributed by atoms with Crippen molar-refractivity contribution in [2.24, 2.45) is 0 Å². The molecule has 3 rings (SSSR count). The van der Waals surface area contributed by atoms with Crippen LogP contribution in [0.2, 0.25) is 0 Å². The molecule has 0 aliphatic carbocycles. The molecule has 1 atom stereocenters. The maximum absolute atomic E-state index is 12.5. The van der Waals surface area contributed by atoms with Gasteiger partial charge in [-0.15, -0.1) is 0 Å². The van der Waals surface area contributed by atoms with E-state index in [0.29, 0.717) is 6.29 Å². The van der Waals surface area contributed by atoms with Gasteiger partial charge in [-0.25, -0.2) is 4.79 Å². The molecule has 3 N–H and O–H groups in total. The number of anilines is 1. The van der Waals surface area contributed by atoms with Gasteiger partial charge in [0.1, 0.15) is 0 Å². The van der Waals surface area contributed by atoms with Crippen LogP contribution in [0.4, 0.5) is 5.69 Å². The number of ether oxygens (including phenoxy) is 1. The van der Waals surface area contributed by atoms with Crippen LogP contribution in [0, 0.1) is 0 Å². The second-order valence-electron chi connectivity index (χ2n) is 5.16. The van der Waals surface area contributed by atoms with Crippen molar-refractivity contribution in [1.29, 1.82) is 0 Å². The average molecular weight is 325 g/mol. The average Bonchev–Trinajstić information content (AvgIpc) is 2.92. The second-order valence-corrected chi connectivity index (χ2v) is 5.16. The van der Waals surface area contributed by atoms with E-state index in [9.17, 15) is 24.4 Å².